The standard InChI is InChI=1S/C41H46.C31H32.C15H18.C8H14.C6H12.2C2H6.C2H4/c1-4-7-18-36-27-33-21-13-14-22-37(33)41-39(30(6-3)25-29-16-9-8-10-17-29)35(15-5-2)28-38(40(36)41)34-24-23-31-19-11-12-20-32(31)26-34;1-4-11-23-14-10-17-27(20-23)31-26(13-6-3)22-29(25-15-8-7-9-16-25)28-19-18-24(12-5-2)21-30(28)31;1-3-12(4-2)15-10-9-13-7-5-6-8-14(13)11-15;1-7-3-5-8(2)6-4-7;1-2-4-6-5-3-1;3*1-2/h5,8-12,15-16,19-20,23-26,30,36H,2,4,6-7,13-14,17-18,21-22,27-28H2,1,3H3;6-10,13-22H,4-5,11-12H2,1-3H3;5-12H,3-4H2,1-2H3;3,5,7-8H,4,6H2,1-2H3;1-6H2;2*1-2H3;1-2H2/b29-25-,35-15+;13-6-;;;;;;. The molecule has 0 radical (unpaired) electrons. The molecule has 6 aliphatic carbocycles. The van der Waals surface area contributed by atoms with Crippen LogP contribution in [0.4, 0.5) is 0 Å². The van der Waals surface area contributed by atoms with E-state index in [1.807, 2.05) is 33.8 Å². The number of allylic oxidation sites excluding steroid dienone is 18. The molecule has 1 saturated carbocycles. The number of benzene rings is 8. The van der Waals surface area contributed by atoms with Crippen molar-refractivity contribution in [1.29, 1.82) is 0 Å². The molecule has 4 unspecified atom stereocenters. The molecule has 0 heteroatoms. The average Bonchev–Trinajstić information content (AvgIpc) is 0.730. The molecule has 4 atom stereocenters. The zero-order chi connectivity index (χ0) is 76.7. The normalized spacial score (nSPS) is 18.2. The van der Waals surface area contributed by atoms with E-state index in [2.05, 4.69) is 307 Å². The van der Waals surface area contributed by atoms with Crippen molar-refractivity contribution in [2.45, 2.75) is 256 Å². The highest BCUT2D eigenvalue weighted by Crippen LogP contribution is 2.56. The van der Waals surface area contributed by atoms with Gasteiger partial charge < -0.3 is 0 Å². The van der Waals surface area contributed by atoms with Gasteiger partial charge in [0.25, 0.3) is 0 Å². The monoisotopic (exact) mass is 1420 g/mol. The summed E-state index contributed by atoms with van der Waals surface area (Å²) in [5.74, 6) is 3.43. The van der Waals surface area contributed by atoms with E-state index in [4.69, 9.17) is 0 Å². The van der Waals surface area contributed by atoms with Gasteiger partial charge in [0, 0.05) is 5.92 Å². The van der Waals surface area contributed by atoms with Crippen molar-refractivity contribution < 1.29 is 0 Å². The molecule has 0 heterocycles. The van der Waals surface area contributed by atoms with E-state index in [1.54, 1.807) is 33.4 Å². The van der Waals surface area contributed by atoms with Gasteiger partial charge in [-0.1, -0.05) is 378 Å². The van der Waals surface area contributed by atoms with E-state index in [-0.39, 0.29) is 0 Å². The van der Waals surface area contributed by atoms with Crippen molar-refractivity contribution in [3.63, 3.8) is 0 Å². The van der Waals surface area contributed by atoms with Gasteiger partial charge in [-0.15, -0.1) is 13.2 Å². The van der Waals surface area contributed by atoms with Gasteiger partial charge in [-0.2, -0.15) is 0 Å². The summed E-state index contributed by atoms with van der Waals surface area (Å²) in [4.78, 5) is 0. The summed E-state index contributed by atoms with van der Waals surface area (Å²) in [6, 6.07) is 60.8. The third kappa shape index (κ3) is 24.3. The first-order valence-electron chi connectivity index (χ1n) is 42.7. The second kappa shape index (κ2) is 47.5. The van der Waals surface area contributed by atoms with Crippen LogP contribution in [0.1, 0.15) is 271 Å². The Morgan fingerprint density at radius 3 is 1.73 bits per heavy atom. The summed E-state index contributed by atoms with van der Waals surface area (Å²) in [7, 11) is 0. The number of hydrogen-bond acceptors (Lipinski definition) is 0. The van der Waals surface area contributed by atoms with E-state index in [0.717, 1.165) is 56.3 Å². The molecule has 8 aromatic carbocycles. The fourth-order valence-corrected chi connectivity index (χ4v) is 16.8. The zero-order valence-electron chi connectivity index (χ0n) is 69.1. The van der Waals surface area contributed by atoms with Gasteiger partial charge in [0.05, 0.1) is 0 Å². The Morgan fingerprint density at radius 1 is 0.533 bits per heavy atom. The summed E-state index contributed by atoms with van der Waals surface area (Å²) < 4.78 is 0. The lowest BCUT2D eigenvalue weighted by atomic mass is 9.62. The summed E-state index contributed by atoms with van der Waals surface area (Å²) in [6.07, 6.45) is 57.3. The Kier molecular flexibility index (Phi) is 38.1. The van der Waals surface area contributed by atoms with Gasteiger partial charge in [-0.3, -0.25) is 0 Å². The number of unbranched alkanes of at least 4 members (excludes halogenated alkanes) is 1. The maximum absolute atomic E-state index is 4.21. The highest BCUT2D eigenvalue weighted by molar-refractivity contribution is 6.08. The van der Waals surface area contributed by atoms with Gasteiger partial charge in [-0.05, 0) is 260 Å². The van der Waals surface area contributed by atoms with Crippen LogP contribution in [0.3, 0.4) is 0 Å². The second-order valence-corrected chi connectivity index (χ2v) is 29.9. The van der Waals surface area contributed by atoms with Gasteiger partial charge in [0.15, 0.2) is 0 Å². The molecule has 0 saturated heterocycles. The third-order valence-corrected chi connectivity index (χ3v) is 22.4. The van der Waals surface area contributed by atoms with Gasteiger partial charge in [0.2, 0.25) is 0 Å². The van der Waals surface area contributed by atoms with Crippen LogP contribution >= 0.6 is 0 Å². The minimum Gasteiger partial charge on any atom is -0.106 e. The smallest absolute Gasteiger partial charge is 0.00302 e. The van der Waals surface area contributed by atoms with Crippen LogP contribution in [-0.2, 0) is 12.8 Å². The Bertz CT molecular complexity index is 4290. The minimum atomic E-state index is 0.413. The molecule has 0 spiro atoms. The first-order chi connectivity index (χ1) is 52.6. The molecule has 0 N–H and O–H groups in total. The summed E-state index contributed by atoms with van der Waals surface area (Å²) >= 11 is 0. The first-order valence-corrected chi connectivity index (χ1v) is 42.7. The Morgan fingerprint density at radius 2 is 1.14 bits per heavy atom. The molecule has 0 nitrogen and oxygen atoms in total. The Balaban J connectivity index is 0.000000210. The Labute approximate surface area is 653 Å². The maximum atomic E-state index is 4.21. The van der Waals surface area contributed by atoms with E-state index < -0.39 is 0 Å². The van der Waals surface area contributed by atoms with Crippen LogP contribution in [0.5, 0.6) is 0 Å². The van der Waals surface area contributed by atoms with E-state index >= 15 is 0 Å². The molecular weight excluding hydrogens is 1290 g/mol. The second-order valence-electron chi connectivity index (χ2n) is 29.9. The van der Waals surface area contributed by atoms with Crippen molar-refractivity contribution in [1.82, 2.24) is 0 Å². The van der Waals surface area contributed by atoms with E-state index in [1.165, 1.54) is 216 Å². The SMILES string of the molecule is C/C=C\c1cc(-c2ccccc2)c2ccc(CCC)cc2c1-c1cccc(CCC)c1.C1CCCCC1.C=C.C=C/C=C1\CC(c2ccc3ccccc3c2)=C2C(=C1C(/C=C1/C=CC=CC1)CC)C1=C(CCCC1)CC2CCCC.CC.CC.CC1C=CC(C)CC1.CCC(CC)c1ccc2ccccc2c1. The molecule has 6 aliphatic rings. The molecule has 0 aliphatic heterocycles. The average molecular weight is 1420 g/mol. The first kappa shape index (κ1) is 85.9. The summed E-state index contributed by atoms with van der Waals surface area (Å²) in [5.41, 5.74) is 25.2. The third-order valence-electron chi connectivity index (χ3n) is 22.4. The molecule has 566 valence electrons. The van der Waals surface area contributed by atoms with Crippen LogP contribution in [0.15, 0.2) is 283 Å². The molecule has 0 bridgehead atoms. The fraction of sp³-hybridized carbons (Fsp3) is 0.402. The minimum absolute atomic E-state index is 0.413. The molecule has 0 aromatic heterocycles. The lowest BCUT2D eigenvalue weighted by Crippen LogP contribution is -2.26. The highest BCUT2D eigenvalue weighted by Gasteiger charge is 2.39. The quantitative estimate of drug-likeness (QED) is 0.0751. The molecule has 0 amide bonds. The molecule has 107 heavy (non-hydrogen) atoms. The van der Waals surface area contributed by atoms with Gasteiger partial charge in [0.1, 0.15) is 0 Å². The maximum Gasteiger partial charge on any atom is 0.00302 e. The number of aryl methyl sites for hydroxylation is 2. The van der Waals surface area contributed by atoms with Crippen molar-refractivity contribution in [3.8, 4) is 22.3 Å². The van der Waals surface area contributed by atoms with Crippen molar-refractivity contribution in [2.75, 3.05) is 0 Å². The molecule has 8 aromatic rings. The number of rotatable bonds is 18. The molecular formula is C107H138. The lowest BCUT2D eigenvalue weighted by molar-refractivity contribution is 0.488. The highest BCUT2D eigenvalue weighted by atomic mass is 14.4. The predicted molar refractivity (Wildman–Crippen MR) is 482 cm³/mol. The summed E-state index contributed by atoms with van der Waals surface area (Å²) in [5, 5.41) is 8.06. The summed E-state index contributed by atoms with van der Waals surface area (Å²) in [6.45, 7) is 38.7. The molecule has 1 fully saturated rings. The van der Waals surface area contributed by atoms with Crippen molar-refractivity contribution >= 4 is 44.0 Å². The van der Waals surface area contributed by atoms with Crippen LogP contribution in [0.25, 0.3) is 66.2 Å². The van der Waals surface area contributed by atoms with Crippen LogP contribution in [0, 0.1) is 23.7 Å². The Hall–Kier alpha value is -8.32. The van der Waals surface area contributed by atoms with Crippen LogP contribution in [-0.4, -0.2) is 0 Å². The largest absolute Gasteiger partial charge is 0.106 e. The van der Waals surface area contributed by atoms with Crippen molar-refractivity contribution in [2.24, 2.45) is 23.7 Å². The zero-order valence-corrected chi connectivity index (χ0v) is 69.1. The van der Waals surface area contributed by atoms with E-state index in [9.17, 15) is 0 Å². The number of fused-ring (bicyclic) bond motifs is 5. The lowest BCUT2D eigenvalue weighted by Gasteiger charge is -2.42. The van der Waals surface area contributed by atoms with Crippen LogP contribution < -0.4 is 0 Å². The van der Waals surface area contributed by atoms with Gasteiger partial charge >= 0.3 is 0 Å². The fourth-order valence-electron chi connectivity index (χ4n) is 16.8. The van der Waals surface area contributed by atoms with E-state index in [0.29, 0.717) is 11.8 Å². The predicted octanol–water partition coefficient (Wildman–Crippen LogP) is 33.6. The van der Waals surface area contributed by atoms with Crippen LogP contribution in [0.2, 0.25) is 0 Å². The topological polar surface area (TPSA) is 0 Å². The number of hydrogen-bond donors (Lipinski definition) is 0. The van der Waals surface area contributed by atoms with Gasteiger partial charge in [-0.25, -0.2) is 0 Å². The molecule has 14 rings (SSSR count). The van der Waals surface area contributed by atoms with Crippen molar-refractivity contribution in [3.05, 3.63) is 311 Å².